The van der Waals surface area contributed by atoms with Crippen LogP contribution in [0.2, 0.25) is 0 Å². The number of aryl methyl sites for hydroxylation is 2. The van der Waals surface area contributed by atoms with Crippen LogP contribution in [0.3, 0.4) is 0 Å². The van der Waals surface area contributed by atoms with Gasteiger partial charge < -0.3 is 5.32 Å². The van der Waals surface area contributed by atoms with E-state index in [0.29, 0.717) is 5.69 Å². The first-order valence-corrected chi connectivity index (χ1v) is 4.43. The van der Waals surface area contributed by atoms with Crippen LogP contribution in [0.4, 0.5) is 0 Å². The molecule has 0 saturated heterocycles. The number of nitrogens with zero attached hydrogens (tertiary/aromatic N) is 2. The number of terminal acetylenes is 1. The van der Waals surface area contributed by atoms with Gasteiger partial charge in [0.2, 0.25) is 0 Å². The zero-order valence-corrected chi connectivity index (χ0v) is 8.37. The van der Waals surface area contributed by atoms with Crippen molar-refractivity contribution in [2.24, 2.45) is 7.05 Å². The van der Waals surface area contributed by atoms with Gasteiger partial charge >= 0.3 is 0 Å². The summed E-state index contributed by atoms with van der Waals surface area (Å²) in [5.74, 6) is 2.16. The Bertz CT molecular complexity index is 373. The zero-order chi connectivity index (χ0) is 10.6. The van der Waals surface area contributed by atoms with Gasteiger partial charge in [0.25, 0.3) is 5.91 Å². The molecule has 0 saturated carbocycles. The molecule has 74 valence electrons. The Balaban J connectivity index is 2.79. The second kappa shape index (κ2) is 4.47. The average molecular weight is 191 g/mol. The highest BCUT2D eigenvalue weighted by molar-refractivity contribution is 5.92. The molecule has 0 aliphatic heterocycles. The normalized spacial score (nSPS) is 9.50. The summed E-state index contributed by atoms with van der Waals surface area (Å²) in [4.78, 5) is 11.5. The summed E-state index contributed by atoms with van der Waals surface area (Å²) in [5.41, 5.74) is 1.44. The van der Waals surface area contributed by atoms with Gasteiger partial charge in [-0.25, -0.2) is 0 Å². The quantitative estimate of drug-likeness (QED) is 0.700. The lowest BCUT2D eigenvalue weighted by atomic mass is 10.3. The Labute approximate surface area is 83.3 Å². The molecule has 0 unspecified atom stereocenters. The first kappa shape index (κ1) is 10.3. The highest BCUT2D eigenvalue weighted by atomic mass is 16.2. The monoisotopic (exact) mass is 191 g/mol. The third-order valence-electron chi connectivity index (χ3n) is 1.88. The second-order valence-corrected chi connectivity index (χ2v) is 2.88. The van der Waals surface area contributed by atoms with Crippen molar-refractivity contribution in [2.75, 3.05) is 6.54 Å². The molecule has 0 spiro atoms. The van der Waals surface area contributed by atoms with Gasteiger partial charge in [-0.15, -0.1) is 6.42 Å². The van der Waals surface area contributed by atoms with E-state index in [1.165, 1.54) is 0 Å². The molecule has 1 heterocycles. The molecule has 0 aromatic carbocycles. The number of aromatic nitrogens is 2. The van der Waals surface area contributed by atoms with Gasteiger partial charge in [-0.3, -0.25) is 9.48 Å². The molecule has 0 aliphatic carbocycles. The largest absolute Gasteiger partial charge is 0.340 e. The summed E-state index contributed by atoms with van der Waals surface area (Å²) >= 11 is 0. The number of amides is 1. The lowest BCUT2D eigenvalue weighted by Gasteiger charge is -2.00. The lowest BCUT2D eigenvalue weighted by Crippen LogP contribution is -2.25. The number of nitrogens with one attached hydrogen (secondary N) is 1. The minimum absolute atomic E-state index is 0.183. The second-order valence-electron chi connectivity index (χ2n) is 2.88. The van der Waals surface area contributed by atoms with Crippen LogP contribution in [0.25, 0.3) is 0 Å². The van der Waals surface area contributed by atoms with Crippen molar-refractivity contribution in [3.05, 3.63) is 17.5 Å². The summed E-state index contributed by atoms with van der Waals surface area (Å²) in [5, 5.41) is 6.75. The lowest BCUT2D eigenvalue weighted by molar-refractivity contribution is 0.0949. The molecule has 14 heavy (non-hydrogen) atoms. The molecule has 0 radical (unpaired) electrons. The molecule has 1 aromatic rings. The molecule has 0 aliphatic rings. The van der Waals surface area contributed by atoms with Crippen LogP contribution in [-0.2, 0) is 13.5 Å². The number of carbonyl (C=O) groups is 1. The Hall–Kier alpha value is -1.76. The van der Waals surface area contributed by atoms with E-state index in [1.54, 1.807) is 17.8 Å². The van der Waals surface area contributed by atoms with Crippen molar-refractivity contribution < 1.29 is 4.79 Å². The van der Waals surface area contributed by atoms with Crippen molar-refractivity contribution in [1.29, 1.82) is 0 Å². The fourth-order valence-electron chi connectivity index (χ4n) is 1.13. The van der Waals surface area contributed by atoms with Gasteiger partial charge in [0.1, 0.15) is 5.69 Å². The van der Waals surface area contributed by atoms with Crippen molar-refractivity contribution in [3.63, 3.8) is 0 Å². The number of hydrogen-bond donors (Lipinski definition) is 1. The average Bonchev–Trinajstić information content (AvgIpc) is 2.56. The number of rotatable bonds is 3. The highest BCUT2D eigenvalue weighted by Crippen LogP contribution is 2.03. The minimum atomic E-state index is -0.183. The summed E-state index contributed by atoms with van der Waals surface area (Å²) in [6.45, 7) is 2.23. The molecule has 0 fully saturated rings. The van der Waals surface area contributed by atoms with Crippen molar-refractivity contribution in [2.45, 2.75) is 13.3 Å². The molecule has 1 N–H and O–H groups in total. The van der Waals surface area contributed by atoms with Crippen molar-refractivity contribution in [1.82, 2.24) is 15.1 Å². The fraction of sp³-hybridized carbons (Fsp3) is 0.400. The van der Waals surface area contributed by atoms with E-state index in [1.807, 2.05) is 6.92 Å². The van der Waals surface area contributed by atoms with Crippen LogP contribution >= 0.6 is 0 Å². The molecule has 1 aromatic heterocycles. The van der Waals surface area contributed by atoms with Crippen LogP contribution < -0.4 is 5.32 Å². The number of hydrogen-bond acceptors (Lipinski definition) is 2. The zero-order valence-electron chi connectivity index (χ0n) is 8.37. The van der Waals surface area contributed by atoms with E-state index in [4.69, 9.17) is 6.42 Å². The maximum atomic E-state index is 11.5. The molecule has 4 nitrogen and oxygen atoms in total. The van der Waals surface area contributed by atoms with Gasteiger partial charge in [-0.2, -0.15) is 5.10 Å². The standard InChI is InChI=1S/C10H13N3O/c1-4-6-11-10(14)9-7-8(5-2)12-13(9)3/h1,7H,5-6H2,2-3H3,(H,11,14). The van der Waals surface area contributed by atoms with Gasteiger partial charge in [-0.05, 0) is 12.5 Å². The number of carbonyl (C=O) groups excluding carboxylic acids is 1. The van der Waals surface area contributed by atoms with E-state index in [9.17, 15) is 4.79 Å². The van der Waals surface area contributed by atoms with E-state index in [2.05, 4.69) is 16.3 Å². The minimum Gasteiger partial charge on any atom is -0.340 e. The fourth-order valence-corrected chi connectivity index (χ4v) is 1.13. The molecule has 1 rings (SSSR count). The maximum absolute atomic E-state index is 11.5. The Morgan fingerprint density at radius 3 is 3.00 bits per heavy atom. The van der Waals surface area contributed by atoms with Gasteiger partial charge in [-0.1, -0.05) is 12.8 Å². The smallest absolute Gasteiger partial charge is 0.270 e. The van der Waals surface area contributed by atoms with Crippen molar-refractivity contribution in [3.8, 4) is 12.3 Å². The summed E-state index contributed by atoms with van der Waals surface area (Å²) in [7, 11) is 1.74. The summed E-state index contributed by atoms with van der Waals surface area (Å²) in [6, 6.07) is 1.77. The summed E-state index contributed by atoms with van der Waals surface area (Å²) < 4.78 is 1.56. The molecular formula is C10H13N3O. The van der Waals surface area contributed by atoms with Crippen LogP contribution in [-0.4, -0.2) is 22.2 Å². The van der Waals surface area contributed by atoms with Gasteiger partial charge in [0, 0.05) is 7.05 Å². The Morgan fingerprint density at radius 2 is 2.50 bits per heavy atom. The summed E-state index contributed by atoms with van der Waals surface area (Å²) in [6.07, 6.45) is 5.85. The third kappa shape index (κ3) is 2.13. The Kier molecular flexibility index (Phi) is 3.29. The highest BCUT2D eigenvalue weighted by Gasteiger charge is 2.10. The third-order valence-corrected chi connectivity index (χ3v) is 1.88. The van der Waals surface area contributed by atoms with E-state index in [-0.39, 0.29) is 12.5 Å². The van der Waals surface area contributed by atoms with Crippen LogP contribution in [0.1, 0.15) is 23.1 Å². The van der Waals surface area contributed by atoms with Crippen LogP contribution in [0.5, 0.6) is 0 Å². The van der Waals surface area contributed by atoms with E-state index >= 15 is 0 Å². The van der Waals surface area contributed by atoms with Crippen LogP contribution in [0, 0.1) is 12.3 Å². The maximum Gasteiger partial charge on any atom is 0.270 e. The van der Waals surface area contributed by atoms with Crippen molar-refractivity contribution >= 4 is 5.91 Å². The SMILES string of the molecule is C#CCNC(=O)c1cc(CC)nn1C. The molecule has 0 atom stereocenters. The predicted octanol–water partition coefficient (Wildman–Crippen LogP) is 0.345. The van der Waals surface area contributed by atoms with Crippen LogP contribution in [0.15, 0.2) is 6.07 Å². The molecule has 0 bridgehead atoms. The van der Waals surface area contributed by atoms with Gasteiger partial charge in [0.15, 0.2) is 0 Å². The van der Waals surface area contributed by atoms with E-state index < -0.39 is 0 Å². The topological polar surface area (TPSA) is 46.9 Å². The first-order valence-electron chi connectivity index (χ1n) is 4.43. The Morgan fingerprint density at radius 1 is 1.79 bits per heavy atom. The predicted molar refractivity (Wildman–Crippen MR) is 53.8 cm³/mol. The molecular weight excluding hydrogens is 178 g/mol. The molecule has 4 heteroatoms. The van der Waals surface area contributed by atoms with E-state index in [0.717, 1.165) is 12.1 Å². The molecule has 1 amide bonds. The first-order chi connectivity index (χ1) is 6.69. The van der Waals surface area contributed by atoms with Gasteiger partial charge in [0.05, 0.1) is 12.2 Å².